The van der Waals surface area contributed by atoms with Crippen molar-refractivity contribution in [2.75, 3.05) is 13.1 Å². The van der Waals surface area contributed by atoms with Crippen LogP contribution < -0.4 is 0 Å². The number of carbonyl (C=O) groups is 1. The molecule has 1 aliphatic rings. The highest BCUT2D eigenvalue weighted by molar-refractivity contribution is 6.36. The van der Waals surface area contributed by atoms with E-state index in [2.05, 4.69) is 15.3 Å². The number of rotatable bonds is 4. The number of aromatic hydroxyl groups is 1. The van der Waals surface area contributed by atoms with Crippen molar-refractivity contribution in [3.05, 3.63) is 46.4 Å². The second-order valence-corrected chi connectivity index (χ2v) is 7.58. The molecule has 1 atom stereocenters. The van der Waals surface area contributed by atoms with Crippen molar-refractivity contribution >= 4 is 28.6 Å². The van der Waals surface area contributed by atoms with Crippen LogP contribution in [0, 0.1) is 5.92 Å². The maximum absolute atomic E-state index is 11.8. The van der Waals surface area contributed by atoms with Gasteiger partial charge in [0.1, 0.15) is 5.60 Å². The molecule has 0 saturated carbocycles. The molecule has 3 aromatic rings. The van der Waals surface area contributed by atoms with E-state index in [-0.39, 0.29) is 23.9 Å². The van der Waals surface area contributed by atoms with E-state index in [1.807, 2.05) is 6.92 Å². The van der Waals surface area contributed by atoms with Crippen molar-refractivity contribution in [1.82, 2.24) is 24.9 Å². The van der Waals surface area contributed by atoms with E-state index in [4.69, 9.17) is 11.6 Å². The molecule has 1 aliphatic heterocycles. The SMILES string of the molecule is CCc1nc2ccc(C(O)(c3cnnn3C)C3CN(C(=O)O)C3)cc2c(Cl)c1O. The van der Waals surface area contributed by atoms with Gasteiger partial charge in [0.25, 0.3) is 0 Å². The second kappa shape index (κ2) is 6.85. The highest BCUT2D eigenvalue weighted by Crippen LogP contribution is 2.43. The van der Waals surface area contributed by atoms with E-state index in [0.29, 0.717) is 34.3 Å². The fourth-order valence-electron chi connectivity index (χ4n) is 3.87. The van der Waals surface area contributed by atoms with E-state index >= 15 is 0 Å². The van der Waals surface area contributed by atoms with Crippen LogP contribution in [0.2, 0.25) is 5.02 Å². The lowest BCUT2D eigenvalue weighted by Crippen LogP contribution is -2.58. The quantitative estimate of drug-likeness (QED) is 0.593. The van der Waals surface area contributed by atoms with E-state index in [1.54, 1.807) is 25.2 Å². The van der Waals surface area contributed by atoms with Crippen molar-refractivity contribution < 1.29 is 20.1 Å². The van der Waals surface area contributed by atoms with Gasteiger partial charge in [0.2, 0.25) is 0 Å². The van der Waals surface area contributed by atoms with Crippen molar-refractivity contribution in [3.8, 4) is 5.75 Å². The molecule has 0 bridgehead atoms. The van der Waals surface area contributed by atoms with Gasteiger partial charge in [0.05, 0.1) is 28.1 Å². The van der Waals surface area contributed by atoms with Gasteiger partial charge in [0, 0.05) is 31.4 Å². The van der Waals surface area contributed by atoms with Crippen molar-refractivity contribution in [1.29, 1.82) is 0 Å². The van der Waals surface area contributed by atoms with Crippen LogP contribution in [0.15, 0.2) is 24.4 Å². The molecule has 1 unspecified atom stereocenters. The molecular weight excluding hydrogens is 398 g/mol. The molecule has 0 spiro atoms. The number of nitrogens with zero attached hydrogens (tertiary/aromatic N) is 5. The van der Waals surface area contributed by atoms with Crippen molar-refractivity contribution in [2.24, 2.45) is 13.0 Å². The van der Waals surface area contributed by atoms with E-state index < -0.39 is 17.6 Å². The van der Waals surface area contributed by atoms with Gasteiger partial charge in [-0.1, -0.05) is 29.8 Å². The first-order valence-electron chi connectivity index (χ1n) is 9.14. The zero-order valence-electron chi connectivity index (χ0n) is 15.9. The lowest BCUT2D eigenvalue weighted by Gasteiger charge is -2.46. The minimum atomic E-state index is -1.54. The van der Waals surface area contributed by atoms with Crippen LogP contribution in [0.25, 0.3) is 10.9 Å². The molecule has 152 valence electrons. The summed E-state index contributed by atoms with van der Waals surface area (Å²) in [6, 6.07) is 5.15. The Labute approximate surface area is 171 Å². The highest BCUT2D eigenvalue weighted by Gasteiger charge is 2.50. The first-order valence-corrected chi connectivity index (χ1v) is 9.52. The van der Waals surface area contributed by atoms with E-state index in [1.165, 1.54) is 15.8 Å². The normalized spacial score (nSPS) is 16.6. The number of fused-ring (bicyclic) bond motifs is 1. The molecule has 4 rings (SSSR count). The smallest absolute Gasteiger partial charge is 0.407 e. The van der Waals surface area contributed by atoms with Crippen LogP contribution in [0.1, 0.15) is 23.9 Å². The zero-order chi connectivity index (χ0) is 20.9. The molecule has 29 heavy (non-hydrogen) atoms. The summed E-state index contributed by atoms with van der Waals surface area (Å²) in [4.78, 5) is 16.9. The van der Waals surface area contributed by atoms with Crippen LogP contribution in [-0.2, 0) is 19.1 Å². The second-order valence-electron chi connectivity index (χ2n) is 7.20. The molecular formula is C19H20ClN5O4. The molecule has 3 heterocycles. The average Bonchev–Trinajstić information content (AvgIpc) is 3.09. The maximum atomic E-state index is 11.8. The number of amides is 1. The Morgan fingerprint density at radius 1 is 1.38 bits per heavy atom. The zero-order valence-corrected chi connectivity index (χ0v) is 16.6. The number of benzene rings is 1. The number of likely N-dealkylation sites (tertiary alicyclic amines) is 1. The third-order valence-electron chi connectivity index (χ3n) is 5.59. The Kier molecular flexibility index (Phi) is 4.59. The first-order chi connectivity index (χ1) is 13.8. The molecule has 0 radical (unpaired) electrons. The Balaban J connectivity index is 1.87. The van der Waals surface area contributed by atoms with Crippen LogP contribution in [0.5, 0.6) is 5.75 Å². The monoisotopic (exact) mass is 417 g/mol. The van der Waals surface area contributed by atoms with Gasteiger partial charge in [-0.15, -0.1) is 5.10 Å². The van der Waals surface area contributed by atoms with Crippen molar-refractivity contribution in [3.63, 3.8) is 0 Å². The van der Waals surface area contributed by atoms with E-state index in [0.717, 1.165) is 0 Å². The standard InChI is InChI=1S/C19H20ClN5O4/c1-3-13-17(26)16(20)12-6-10(4-5-14(12)22-13)19(29,15-7-21-23-24(15)2)11-8-25(9-11)18(27)28/h4-7,11,26,29H,3,8-9H2,1-2H3,(H,27,28). The first kappa shape index (κ1) is 19.4. The largest absolute Gasteiger partial charge is 0.505 e. The number of hydrogen-bond donors (Lipinski definition) is 3. The van der Waals surface area contributed by atoms with E-state index in [9.17, 15) is 20.1 Å². The summed E-state index contributed by atoms with van der Waals surface area (Å²) < 4.78 is 1.46. The van der Waals surface area contributed by atoms with Gasteiger partial charge in [0.15, 0.2) is 5.75 Å². The number of aromatic nitrogens is 4. The summed E-state index contributed by atoms with van der Waals surface area (Å²) in [6.07, 6.45) is 0.959. The molecule has 3 N–H and O–H groups in total. The predicted octanol–water partition coefficient (Wildman–Crippen LogP) is 2.13. The van der Waals surface area contributed by atoms with Crippen LogP contribution in [0.4, 0.5) is 4.79 Å². The molecule has 1 fully saturated rings. The summed E-state index contributed by atoms with van der Waals surface area (Å²) in [5, 5.41) is 39.8. The van der Waals surface area contributed by atoms with Gasteiger partial charge < -0.3 is 20.2 Å². The summed E-state index contributed by atoms with van der Waals surface area (Å²) in [5.74, 6) is -0.478. The number of hydrogen-bond acceptors (Lipinski definition) is 6. The van der Waals surface area contributed by atoms with Crippen LogP contribution in [-0.4, -0.2) is 59.4 Å². The number of halogens is 1. The topological polar surface area (TPSA) is 125 Å². The Morgan fingerprint density at radius 2 is 2.10 bits per heavy atom. The minimum absolute atomic E-state index is 0.0785. The number of aliphatic hydroxyl groups is 1. The summed E-state index contributed by atoms with van der Waals surface area (Å²) >= 11 is 6.39. The Bertz CT molecular complexity index is 1110. The Morgan fingerprint density at radius 3 is 2.69 bits per heavy atom. The maximum Gasteiger partial charge on any atom is 0.407 e. The van der Waals surface area contributed by atoms with Gasteiger partial charge in [-0.05, 0) is 24.1 Å². The van der Waals surface area contributed by atoms with Gasteiger partial charge in [-0.3, -0.25) is 0 Å². The lowest BCUT2D eigenvalue weighted by molar-refractivity contribution is -0.0590. The molecule has 1 amide bonds. The fourth-order valence-corrected chi connectivity index (χ4v) is 4.13. The van der Waals surface area contributed by atoms with Crippen LogP contribution >= 0.6 is 11.6 Å². The summed E-state index contributed by atoms with van der Waals surface area (Å²) in [5.41, 5.74) is 0.487. The molecule has 0 aliphatic carbocycles. The van der Waals surface area contributed by atoms with Crippen molar-refractivity contribution in [2.45, 2.75) is 18.9 Å². The third kappa shape index (κ3) is 2.89. The highest BCUT2D eigenvalue weighted by atomic mass is 35.5. The molecule has 9 nitrogen and oxygen atoms in total. The molecule has 1 saturated heterocycles. The average molecular weight is 418 g/mol. The van der Waals surface area contributed by atoms with Gasteiger partial charge in [-0.25, -0.2) is 14.5 Å². The summed E-state index contributed by atoms with van der Waals surface area (Å²) in [7, 11) is 1.66. The summed E-state index contributed by atoms with van der Waals surface area (Å²) in [6.45, 7) is 2.21. The fraction of sp³-hybridized carbons (Fsp3) is 0.368. The number of aryl methyl sites for hydroxylation is 2. The lowest BCUT2D eigenvalue weighted by atomic mass is 9.74. The number of pyridine rings is 1. The molecule has 1 aromatic carbocycles. The van der Waals surface area contributed by atoms with Gasteiger partial charge >= 0.3 is 6.09 Å². The predicted molar refractivity (Wildman–Crippen MR) is 105 cm³/mol. The Hall–Kier alpha value is -2.91. The third-order valence-corrected chi connectivity index (χ3v) is 5.98. The van der Waals surface area contributed by atoms with Gasteiger partial charge in [-0.2, -0.15) is 0 Å². The molecule has 10 heteroatoms. The van der Waals surface area contributed by atoms with Crippen LogP contribution in [0.3, 0.4) is 0 Å². The minimum Gasteiger partial charge on any atom is -0.505 e. The molecule has 2 aromatic heterocycles. The number of carboxylic acid groups (broad SMARTS) is 1.